The Hall–Kier alpha value is -3.87. The number of ether oxygens (including phenoxy) is 2. The number of aromatic nitrogens is 1. The lowest BCUT2D eigenvalue weighted by Crippen LogP contribution is -2.41. The number of allylic oxidation sites excluding steroid dienone is 3. The van der Waals surface area contributed by atoms with Gasteiger partial charge in [0, 0.05) is 32.7 Å². The molecular weight excluding hydrogens is 408 g/mol. The van der Waals surface area contributed by atoms with E-state index in [0.717, 1.165) is 22.9 Å². The molecule has 0 radical (unpaired) electrons. The van der Waals surface area contributed by atoms with Gasteiger partial charge in [0.2, 0.25) is 0 Å². The maximum atomic E-state index is 12.0. The first kappa shape index (κ1) is 22.8. The zero-order valence-corrected chi connectivity index (χ0v) is 18.3. The van der Waals surface area contributed by atoms with E-state index in [1.807, 2.05) is 60.5 Å². The van der Waals surface area contributed by atoms with Gasteiger partial charge in [-0.05, 0) is 48.5 Å². The fourth-order valence-electron chi connectivity index (χ4n) is 3.11. The van der Waals surface area contributed by atoms with Crippen LogP contribution in [0.1, 0.15) is 30.7 Å². The number of benzene rings is 1. The normalized spacial score (nSPS) is 16.0. The highest BCUT2D eigenvalue weighted by atomic mass is 16.7. The van der Waals surface area contributed by atoms with Crippen LogP contribution in [0.2, 0.25) is 0 Å². The molecule has 1 aliphatic heterocycles. The molecular formula is C25H26N2O5. The number of nitrogens with zero attached hydrogens (tertiary/aromatic N) is 2. The van der Waals surface area contributed by atoms with Crippen LogP contribution in [0.15, 0.2) is 84.4 Å². The monoisotopic (exact) mass is 434 g/mol. The highest BCUT2D eigenvalue weighted by molar-refractivity contribution is 6.15. The Kier molecular flexibility index (Phi) is 7.10. The molecule has 1 aliphatic rings. The SMILES string of the molecule is Cc1ccnc(CN(/C=C/C=C(\O)C=C2C(=O)OC(C)(C)OC2=O)Cc2ccccc2)c1. The van der Waals surface area contributed by atoms with Gasteiger partial charge in [0.15, 0.2) is 0 Å². The van der Waals surface area contributed by atoms with Crippen LogP contribution in [-0.4, -0.2) is 32.7 Å². The van der Waals surface area contributed by atoms with Crippen molar-refractivity contribution < 1.29 is 24.2 Å². The molecule has 0 atom stereocenters. The standard InChI is InChI=1S/C25H26N2O5/c1-18-11-12-26-20(14-18)17-27(16-19-8-5-4-6-9-19)13-7-10-21(28)15-22-23(29)31-25(2,3)32-24(22)30/h4-15,28H,16-17H2,1-3H3/b13-7+,21-10-. The number of aryl methyl sites for hydroxylation is 1. The van der Waals surface area contributed by atoms with Gasteiger partial charge in [-0.1, -0.05) is 30.3 Å². The van der Waals surface area contributed by atoms with E-state index >= 15 is 0 Å². The van der Waals surface area contributed by atoms with E-state index in [-0.39, 0.29) is 11.3 Å². The maximum Gasteiger partial charge on any atom is 0.348 e. The second kappa shape index (κ2) is 9.96. The average molecular weight is 434 g/mol. The minimum Gasteiger partial charge on any atom is -0.508 e. The van der Waals surface area contributed by atoms with Crippen LogP contribution in [0.5, 0.6) is 0 Å². The van der Waals surface area contributed by atoms with Crippen molar-refractivity contribution >= 4 is 11.9 Å². The smallest absolute Gasteiger partial charge is 0.348 e. The van der Waals surface area contributed by atoms with Crippen molar-refractivity contribution in [1.82, 2.24) is 9.88 Å². The van der Waals surface area contributed by atoms with Crippen molar-refractivity contribution in [2.75, 3.05) is 0 Å². The number of hydrogen-bond acceptors (Lipinski definition) is 7. The van der Waals surface area contributed by atoms with Crippen LogP contribution in [-0.2, 0) is 32.2 Å². The summed E-state index contributed by atoms with van der Waals surface area (Å²) in [6, 6.07) is 13.9. The predicted molar refractivity (Wildman–Crippen MR) is 119 cm³/mol. The fraction of sp³-hybridized carbons (Fsp3) is 0.240. The fourth-order valence-corrected chi connectivity index (χ4v) is 3.11. The van der Waals surface area contributed by atoms with Gasteiger partial charge in [-0.25, -0.2) is 9.59 Å². The van der Waals surface area contributed by atoms with Gasteiger partial charge in [-0.3, -0.25) is 4.98 Å². The number of carbonyl (C=O) groups is 2. The Morgan fingerprint density at radius 1 is 1.09 bits per heavy atom. The summed E-state index contributed by atoms with van der Waals surface area (Å²) in [5, 5.41) is 10.2. The third-order valence-electron chi connectivity index (χ3n) is 4.54. The Morgan fingerprint density at radius 3 is 2.44 bits per heavy atom. The van der Waals surface area contributed by atoms with Crippen molar-refractivity contribution in [2.24, 2.45) is 0 Å². The van der Waals surface area contributed by atoms with Crippen LogP contribution in [0, 0.1) is 6.92 Å². The second-order valence-corrected chi connectivity index (χ2v) is 7.89. The van der Waals surface area contributed by atoms with Crippen molar-refractivity contribution in [3.63, 3.8) is 0 Å². The van der Waals surface area contributed by atoms with E-state index in [9.17, 15) is 14.7 Å². The van der Waals surface area contributed by atoms with Gasteiger partial charge in [0.05, 0.1) is 12.2 Å². The van der Waals surface area contributed by atoms with Crippen LogP contribution < -0.4 is 0 Å². The van der Waals surface area contributed by atoms with E-state index in [1.165, 1.54) is 19.9 Å². The van der Waals surface area contributed by atoms with Crippen molar-refractivity contribution in [3.05, 3.63) is 101 Å². The summed E-state index contributed by atoms with van der Waals surface area (Å²) in [6.07, 6.45) is 7.64. The van der Waals surface area contributed by atoms with E-state index < -0.39 is 17.7 Å². The molecule has 1 N–H and O–H groups in total. The van der Waals surface area contributed by atoms with Crippen LogP contribution in [0.25, 0.3) is 0 Å². The molecule has 32 heavy (non-hydrogen) atoms. The molecule has 0 unspecified atom stereocenters. The molecule has 1 saturated heterocycles. The van der Waals surface area contributed by atoms with Gasteiger partial charge in [-0.2, -0.15) is 0 Å². The number of aliphatic hydroxyl groups is 1. The lowest BCUT2D eigenvalue weighted by molar-refractivity contribution is -0.222. The maximum absolute atomic E-state index is 12.0. The quantitative estimate of drug-likeness (QED) is 0.231. The molecule has 1 aromatic heterocycles. The Morgan fingerprint density at radius 2 is 1.78 bits per heavy atom. The summed E-state index contributed by atoms with van der Waals surface area (Å²) in [7, 11) is 0. The molecule has 3 rings (SSSR count). The second-order valence-electron chi connectivity index (χ2n) is 7.89. The molecule has 2 aromatic rings. The van der Waals surface area contributed by atoms with Gasteiger partial charge < -0.3 is 19.5 Å². The first-order valence-electron chi connectivity index (χ1n) is 10.2. The number of cyclic esters (lactones) is 2. The van der Waals surface area contributed by atoms with E-state index in [0.29, 0.717) is 13.1 Å². The van der Waals surface area contributed by atoms with Gasteiger partial charge >= 0.3 is 11.9 Å². The van der Waals surface area contributed by atoms with Gasteiger partial charge in [0.1, 0.15) is 11.3 Å². The summed E-state index contributed by atoms with van der Waals surface area (Å²) >= 11 is 0. The molecule has 0 aliphatic carbocycles. The molecule has 2 heterocycles. The third kappa shape index (κ3) is 6.57. The molecule has 0 saturated carbocycles. The Bertz CT molecular complexity index is 1050. The molecule has 1 aromatic carbocycles. The summed E-state index contributed by atoms with van der Waals surface area (Å²) < 4.78 is 10.0. The summed E-state index contributed by atoms with van der Waals surface area (Å²) in [5.41, 5.74) is 2.79. The molecule has 7 heteroatoms. The molecule has 0 amide bonds. The largest absolute Gasteiger partial charge is 0.508 e. The van der Waals surface area contributed by atoms with Crippen LogP contribution >= 0.6 is 0 Å². The topological polar surface area (TPSA) is 89.0 Å². The summed E-state index contributed by atoms with van der Waals surface area (Å²) in [5.74, 6) is -3.29. The first-order chi connectivity index (χ1) is 15.2. The minimum absolute atomic E-state index is 0.279. The molecule has 7 nitrogen and oxygen atoms in total. The van der Waals surface area contributed by atoms with Crippen molar-refractivity contribution in [1.29, 1.82) is 0 Å². The number of pyridine rings is 1. The molecule has 166 valence electrons. The number of aliphatic hydroxyl groups excluding tert-OH is 1. The number of rotatable bonds is 7. The van der Waals surface area contributed by atoms with E-state index in [2.05, 4.69) is 4.98 Å². The number of esters is 2. The minimum atomic E-state index is -1.33. The van der Waals surface area contributed by atoms with E-state index in [1.54, 1.807) is 12.3 Å². The van der Waals surface area contributed by atoms with Crippen LogP contribution in [0.3, 0.4) is 0 Å². The zero-order chi connectivity index (χ0) is 23.1. The third-order valence-corrected chi connectivity index (χ3v) is 4.54. The summed E-state index contributed by atoms with van der Waals surface area (Å²) in [6.45, 7) is 6.14. The van der Waals surface area contributed by atoms with E-state index in [4.69, 9.17) is 9.47 Å². The zero-order valence-electron chi connectivity index (χ0n) is 18.3. The predicted octanol–water partition coefficient (Wildman–Crippen LogP) is 4.11. The highest BCUT2D eigenvalue weighted by Gasteiger charge is 2.38. The van der Waals surface area contributed by atoms with Crippen LogP contribution in [0.4, 0.5) is 0 Å². The van der Waals surface area contributed by atoms with Crippen molar-refractivity contribution in [2.45, 2.75) is 39.6 Å². The lowest BCUT2D eigenvalue weighted by Gasteiger charge is -2.29. The average Bonchev–Trinajstić information content (AvgIpc) is 2.71. The first-order valence-corrected chi connectivity index (χ1v) is 10.2. The molecule has 0 bridgehead atoms. The van der Waals surface area contributed by atoms with Gasteiger partial charge in [0.25, 0.3) is 5.79 Å². The summed E-state index contributed by atoms with van der Waals surface area (Å²) in [4.78, 5) is 30.5. The number of carbonyl (C=O) groups excluding carboxylic acids is 2. The molecule has 0 spiro atoms. The Labute approximate surface area is 187 Å². The number of hydrogen-bond donors (Lipinski definition) is 1. The van der Waals surface area contributed by atoms with Gasteiger partial charge in [-0.15, -0.1) is 0 Å². The lowest BCUT2D eigenvalue weighted by atomic mass is 10.2. The highest BCUT2D eigenvalue weighted by Crippen LogP contribution is 2.23. The molecule has 1 fully saturated rings. The Balaban J connectivity index is 1.75. The van der Waals surface area contributed by atoms with Crippen molar-refractivity contribution in [3.8, 4) is 0 Å².